The minimum atomic E-state index is -0.497. The van der Waals surface area contributed by atoms with E-state index < -0.39 is 4.92 Å². The molecule has 0 fully saturated rings. The first-order valence-corrected chi connectivity index (χ1v) is 6.98. The Morgan fingerprint density at radius 2 is 2.00 bits per heavy atom. The fourth-order valence-electron chi connectivity index (χ4n) is 2.37. The molecule has 6 nitrogen and oxygen atoms in total. The van der Waals surface area contributed by atoms with E-state index in [9.17, 15) is 15.2 Å². The number of hydrogen-bond acceptors (Lipinski definition) is 5. The van der Waals surface area contributed by atoms with Gasteiger partial charge < -0.3 is 10.5 Å². The SMILES string of the molecule is O=[N+]([O-])c1ccc(O)c(C2=NNC(c3ccc(Cl)cc3)C2)c1. The van der Waals surface area contributed by atoms with E-state index in [1.165, 1.54) is 18.2 Å². The van der Waals surface area contributed by atoms with Gasteiger partial charge in [-0.1, -0.05) is 23.7 Å². The molecule has 2 N–H and O–H groups in total. The van der Waals surface area contributed by atoms with Gasteiger partial charge in [0.15, 0.2) is 0 Å². The maximum atomic E-state index is 10.9. The van der Waals surface area contributed by atoms with Crippen molar-refractivity contribution in [2.24, 2.45) is 5.10 Å². The number of phenolic OH excluding ortho intramolecular Hbond substituents is 1. The Labute approximate surface area is 131 Å². The first-order chi connectivity index (χ1) is 10.5. The van der Waals surface area contributed by atoms with Gasteiger partial charge in [0.25, 0.3) is 5.69 Å². The molecule has 112 valence electrons. The zero-order valence-corrected chi connectivity index (χ0v) is 12.1. The highest BCUT2D eigenvalue weighted by Gasteiger charge is 2.24. The molecule has 0 amide bonds. The van der Waals surface area contributed by atoms with Crippen molar-refractivity contribution >= 4 is 23.0 Å². The third kappa shape index (κ3) is 2.73. The summed E-state index contributed by atoms with van der Waals surface area (Å²) in [5.74, 6) is -0.0251. The molecule has 0 aliphatic carbocycles. The maximum absolute atomic E-state index is 10.9. The van der Waals surface area contributed by atoms with Crippen LogP contribution < -0.4 is 5.43 Å². The predicted molar refractivity (Wildman–Crippen MR) is 83.2 cm³/mol. The maximum Gasteiger partial charge on any atom is 0.270 e. The molecule has 0 spiro atoms. The van der Waals surface area contributed by atoms with Crippen LogP contribution in [0.4, 0.5) is 5.69 Å². The molecule has 22 heavy (non-hydrogen) atoms. The Morgan fingerprint density at radius 3 is 2.68 bits per heavy atom. The number of nitrogens with one attached hydrogen (secondary N) is 1. The number of halogens is 1. The molecule has 0 aromatic heterocycles. The van der Waals surface area contributed by atoms with E-state index in [2.05, 4.69) is 10.5 Å². The standard InChI is InChI=1S/C15H12ClN3O3/c16-10-3-1-9(2-4-10)13-8-14(18-17-13)12-7-11(19(21)22)5-6-15(12)20/h1-7,13,17,20H,8H2. The van der Waals surface area contributed by atoms with Crippen molar-refractivity contribution in [3.8, 4) is 5.75 Å². The molecule has 2 aromatic rings. The van der Waals surface area contributed by atoms with Crippen molar-refractivity contribution in [1.82, 2.24) is 5.43 Å². The van der Waals surface area contributed by atoms with Crippen LogP contribution in [0.25, 0.3) is 0 Å². The second-order valence-corrected chi connectivity index (χ2v) is 5.39. The summed E-state index contributed by atoms with van der Waals surface area (Å²) in [6.45, 7) is 0. The average molecular weight is 318 g/mol. The Kier molecular flexibility index (Phi) is 3.68. The molecule has 1 unspecified atom stereocenters. The molecule has 0 bridgehead atoms. The van der Waals surface area contributed by atoms with Gasteiger partial charge in [0.05, 0.1) is 16.7 Å². The van der Waals surface area contributed by atoms with Gasteiger partial charge in [0.2, 0.25) is 0 Å². The Morgan fingerprint density at radius 1 is 1.27 bits per heavy atom. The average Bonchev–Trinajstić information content (AvgIpc) is 2.98. The van der Waals surface area contributed by atoms with E-state index in [1.54, 1.807) is 12.1 Å². The fraction of sp³-hybridized carbons (Fsp3) is 0.133. The molecule has 1 aliphatic heterocycles. The van der Waals surface area contributed by atoms with Gasteiger partial charge in [-0.3, -0.25) is 10.1 Å². The summed E-state index contributed by atoms with van der Waals surface area (Å²) in [7, 11) is 0. The van der Waals surface area contributed by atoms with Crippen LogP contribution in [0, 0.1) is 10.1 Å². The topological polar surface area (TPSA) is 87.8 Å². The van der Waals surface area contributed by atoms with E-state index in [4.69, 9.17) is 11.6 Å². The highest BCUT2D eigenvalue weighted by Crippen LogP contribution is 2.30. The van der Waals surface area contributed by atoms with E-state index >= 15 is 0 Å². The van der Waals surface area contributed by atoms with Crippen LogP contribution in [0.2, 0.25) is 5.02 Å². The lowest BCUT2D eigenvalue weighted by Gasteiger charge is -2.10. The van der Waals surface area contributed by atoms with E-state index in [1.807, 2.05) is 12.1 Å². The molecule has 0 saturated heterocycles. The van der Waals surface area contributed by atoms with Crippen molar-refractivity contribution < 1.29 is 10.0 Å². The van der Waals surface area contributed by atoms with Crippen LogP contribution in [0.3, 0.4) is 0 Å². The third-order valence-electron chi connectivity index (χ3n) is 3.53. The van der Waals surface area contributed by atoms with Crippen molar-refractivity contribution in [1.29, 1.82) is 0 Å². The molecule has 1 atom stereocenters. The monoisotopic (exact) mass is 317 g/mol. The van der Waals surface area contributed by atoms with Crippen molar-refractivity contribution in [2.45, 2.75) is 12.5 Å². The number of phenols is 1. The van der Waals surface area contributed by atoms with E-state index in [0.29, 0.717) is 22.7 Å². The van der Waals surface area contributed by atoms with Gasteiger partial charge >= 0.3 is 0 Å². The van der Waals surface area contributed by atoms with Gasteiger partial charge in [-0.15, -0.1) is 0 Å². The van der Waals surface area contributed by atoms with Crippen LogP contribution in [0.1, 0.15) is 23.6 Å². The lowest BCUT2D eigenvalue weighted by molar-refractivity contribution is -0.384. The van der Waals surface area contributed by atoms with Gasteiger partial charge in [0.1, 0.15) is 5.75 Å². The van der Waals surface area contributed by atoms with Crippen LogP contribution in [0.5, 0.6) is 5.75 Å². The number of rotatable bonds is 3. The molecule has 1 heterocycles. The second-order valence-electron chi connectivity index (χ2n) is 4.95. The third-order valence-corrected chi connectivity index (χ3v) is 3.78. The van der Waals surface area contributed by atoms with Crippen molar-refractivity contribution in [3.63, 3.8) is 0 Å². The number of hydrogen-bond donors (Lipinski definition) is 2. The normalized spacial score (nSPS) is 17.0. The van der Waals surface area contributed by atoms with Crippen LogP contribution in [-0.2, 0) is 0 Å². The highest BCUT2D eigenvalue weighted by molar-refractivity contribution is 6.30. The Hall–Kier alpha value is -2.60. The lowest BCUT2D eigenvalue weighted by atomic mass is 9.98. The van der Waals surface area contributed by atoms with Gasteiger partial charge in [-0.05, 0) is 23.8 Å². The predicted octanol–water partition coefficient (Wildman–Crippen LogP) is 3.39. The van der Waals surface area contributed by atoms with E-state index in [0.717, 1.165) is 5.56 Å². The minimum absolute atomic E-state index is 0.0251. The molecule has 3 rings (SSSR count). The Bertz CT molecular complexity index is 759. The number of nitro benzene ring substituents is 1. The smallest absolute Gasteiger partial charge is 0.270 e. The molecule has 0 saturated carbocycles. The summed E-state index contributed by atoms with van der Waals surface area (Å²) in [5.41, 5.74) is 4.87. The number of nitrogens with zero attached hydrogens (tertiary/aromatic N) is 2. The second kappa shape index (κ2) is 5.65. The molecule has 1 aliphatic rings. The minimum Gasteiger partial charge on any atom is -0.507 e. The summed E-state index contributed by atoms with van der Waals surface area (Å²) < 4.78 is 0. The fourth-order valence-corrected chi connectivity index (χ4v) is 2.49. The van der Waals surface area contributed by atoms with Crippen LogP contribution >= 0.6 is 11.6 Å². The van der Waals surface area contributed by atoms with Crippen molar-refractivity contribution in [3.05, 3.63) is 68.7 Å². The number of non-ortho nitro benzene ring substituents is 1. The van der Waals surface area contributed by atoms with Crippen LogP contribution in [-0.4, -0.2) is 15.7 Å². The molecule has 2 aromatic carbocycles. The largest absolute Gasteiger partial charge is 0.507 e. The summed E-state index contributed by atoms with van der Waals surface area (Å²) in [5, 5.41) is 25.6. The summed E-state index contributed by atoms with van der Waals surface area (Å²) in [4.78, 5) is 10.4. The number of hydrazone groups is 1. The number of benzene rings is 2. The molecule has 7 heteroatoms. The van der Waals surface area contributed by atoms with Crippen LogP contribution in [0.15, 0.2) is 47.6 Å². The number of aromatic hydroxyl groups is 1. The summed E-state index contributed by atoms with van der Waals surface area (Å²) >= 11 is 5.86. The van der Waals surface area contributed by atoms with Gasteiger partial charge in [0, 0.05) is 29.1 Å². The Balaban J connectivity index is 1.84. The lowest BCUT2D eigenvalue weighted by Crippen LogP contribution is -2.09. The molecular weight excluding hydrogens is 306 g/mol. The highest BCUT2D eigenvalue weighted by atomic mass is 35.5. The summed E-state index contributed by atoms with van der Waals surface area (Å²) in [6.07, 6.45) is 0.524. The van der Waals surface area contributed by atoms with Gasteiger partial charge in [-0.2, -0.15) is 5.10 Å². The quantitative estimate of drug-likeness (QED) is 0.671. The van der Waals surface area contributed by atoms with E-state index in [-0.39, 0.29) is 17.5 Å². The molecule has 0 radical (unpaired) electrons. The summed E-state index contributed by atoms with van der Waals surface area (Å²) in [6, 6.07) is 11.2. The first-order valence-electron chi connectivity index (χ1n) is 6.60. The zero-order chi connectivity index (χ0) is 15.7. The van der Waals surface area contributed by atoms with Crippen molar-refractivity contribution in [2.75, 3.05) is 0 Å². The van der Waals surface area contributed by atoms with Gasteiger partial charge in [-0.25, -0.2) is 0 Å². The molecular formula is C15H12ClN3O3. The first kappa shape index (κ1) is 14.3. The zero-order valence-electron chi connectivity index (χ0n) is 11.4. The number of nitro groups is 1.